The molecule has 1 amide bonds. The third kappa shape index (κ3) is 4.43. The van der Waals surface area contributed by atoms with Crippen LogP contribution in [-0.4, -0.2) is 37.7 Å². The Morgan fingerprint density at radius 1 is 1.25 bits per heavy atom. The Bertz CT molecular complexity index is 692. The van der Waals surface area contributed by atoms with Crippen LogP contribution in [0.2, 0.25) is 0 Å². The van der Waals surface area contributed by atoms with Crippen LogP contribution in [0.5, 0.6) is 0 Å². The summed E-state index contributed by atoms with van der Waals surface area (Å²) < 4.78 is 10.5. The van der Waals surface area contributed by atoms with E-state index in [9.17, 15) is 9.59 Å². The smallest absolute Gasteiger partial charge is 0.348 e. The van der Waals surface area contributed by atoms with Gasteiger partial charge in [0.25, 0.3) is 5.91 Å². The summed E-state index contributed by atoms with van der Waals surface area (Å²) in [7, 11) is 0. The van der Waals surface area contributed by atoms with Crippen LogP contribution >= 0.6 is 11.3 Å². The molecule has 3 rings (SSSR count). The van der Waals surface area contributed by atoms with E-state index in [0.29, 0.717) is 11.4 Å². The number of rotatable bonds is 6. The van der Waals surface area contributed by atoms with Crippen molar-refractivity contribution in [3.63, 3.8) is 0 Å². The van der Waals surface area contributed by atoms with Crippen molar-refractivity contribution < 1.29 is 19.1 Å². The quantitative estimate of drug-likeness (QED) is 0.818. The molecular weight excluding hydrogens is 326 g/mol. The van der Waals surface area contributed by atoms with Crippen molar-refractivity contribution in [3.8, 4) is 11.1 Å². The monoisotopic (exact) mass is 345 g/mol. The van der Waals surface area contributed by atoms with Gasteiger partial charge < -0.3 is 14.8 Å². The van der Waals surface area contributed by atoms with E-state index in [1.807, 2.05) is 35.7 Å². The summed E-state index contributed by atoms with van der Waals surface area (Å²) in [5, 5.41) is 4.63. The average molecular weight is 345 g/mol. The number of thiophene rings is 1. The molecule has 1 unspecified atom stereocenters. The van der Waals surface area contributed by atoms with Gasteiger partial charge in [0.1, 0.15) is 4.88 Å². The lowest BCUT2D eigenvalue weighted by atomic mass is 10.1. The van der Waals surface area contributed by atoms with E-state index in [2.05, 4.69) is 5.32 Å². The molecule has 1 aromatic heterocycles. The molecule has 126 valence electrons. The molecule has 1 aliphatic heterocycles. The standard InChI is InChI=1S/C18H19NO4S/c20-17(19-10-15-7-4-8-22-15)11-23-18(21)16-9-14(12-24-16)13-5-2-1-3-6-13/h1-3,5-6,9,12,15H,4,7-8,10-11H2,(H,19,20). The first-order valence-corrected chi connectivity index (χ1v) is 8.80. The van der Waals surface area contributed by atoms with Gasteiger partial charge in [0.15, 0.2) is 6.61 Å². The topological polar surface area (TPSA) is 64.6 Å². The third-order valence-corrected chi connectivity index (χ3v) is 4.70. The van der Waals surface area contributed by atoms with Crippen molar-refractivity contribution in [2.45, 2.75) is 18.9 Å². The lowest BCUT2D eigenvalue weighted by Crippen LogP contribution is -2.34. The highest BCUT2D eigenvalue weighted by molar-refractivity contribution is 7.12. The summed E-state index contributed by atoms with van der Waals surface area (Å²) >= 11 is 1.31. The van der Waals surface area contributed by atoms with E-state index in [-0.39, 0.29) is 18.6 Å². The van der Waals surface area contributed by atoms with Crippen LogP contribution in [0.4, 0.5) is 0 Å². The van der Waals surface area contributed by atoms with Crippen LogP contribution in [0.15, 0.2) is 41.8 Å². The molecule has 1 aromatic carbocycles. The van der Waals surface area contributed by atoms with Crippen molar-refractivity contribution in [3.05, 3.63) is 46.7 Å². The number of esters is 1. The Labute approximate surface area is 144 Å². The summed E-state index contributed by atoms with van der Waals surface area (Å²) in [4.78, 5) is 24.2. The van der Waals surface area contributed by atoms with E-state index >= 15 is 0 Å². The zero-order valence-corrected chi connectivity index (χ0v) is 14.0. The van der Waals surface area contributed by atoms with Gasteiger partial charge in [-0.1, -0.05) is 30.3 Å². The normalized spacial score (nSPS) is 16.8. The molecule has 0 bridgehead atoms. The van der Waals surface area contributed by atoms with Crippen LogP contribution in [0.25, 0.3) is 11.1 Å². The molecule has 0 radical (unpaired) electrons. The van der Waals surface area contributed by atoms with Crippen molar-refractivity contribution in [1.29, 1.82) is 0 Å². The zero-order valence-electron chi connectivity index (χ0n) is 13.2. The van der Waals surface area contributed by atoms with Crippen LogP contribution in [-0.2, 0) is 14.3 Å². The molecule has 0 spiro atoms. The van der Waals surface area contributed by atoms with Gasteiger partial charge in [0.05, 0.1) is 6.10 Å². The van der Waals surface area contributed by atoms with Crippen LogP contribution < -0.4 is 5.32 Å². The van der Waals surface area contributed by atoms with E-state index in [0.717, 1.165) is 30.6 Å². The van der Waals surface area contributed by atoms with Gasteiger partial charge in [0.2, 0.25) is 0 Å². The van der Waals surface area contributed by atoms with Gasteiger partial charge in [-0.3, -0.25) is 4.79 Å². The van der Waals surface area contributed by atoms with Gasteiger partial charge in [0, 0.05) is 13.2 Å². The number of carbonyl (C=O) groups is 2. The summed E-state index contributed by atoms with van der Waals surface area (Å²) in [5.74, 6) is -0.784. The van der Waals surface area contributed by atoms with Crippen LogP contribution in [0.1, 0.15) is 22.5 Å². The number of amides is 1. The molecular formula is C18H19NO4S. The Morgan fingerprint density at radius 2 is 2.08 bits per heavy atom. The highest BCUT2D eigenvalue weighted by Crippen LogP contribution is 2.25. The maximum Gasteiger partial charge on any atom is 0.348 e. The molecule has 2 aromatic rings. The first-order chi connectivity index (χ1) is 11.7. The molecule has 24 heavy (non-hydrogen) atoms. The number of hydrogen-bond acceptors (Lipinski definition) is 5. The van der Waals surface area contributed by atoms with Crippen LogP contribution in [0.3, 0.4) is 0 Å². The number of nitrogens with one attached hydrogen (secondary N) is 1. The molecule has 2 heterocycles. The number of hydrogen-bond donors (Lipinski definition) is 1. The van der Waals surface area contributed by atoms with Crippen molar-refractivity contribution in [2.24, 2.45) is 0 Å². The van der Waals surface area contributed by atoms with E-state index < -0.39 is 5.97 Å². The summed E-state index contributed by atoms with van der Waals surface area (Å²) in [5.41, 5.74) is 2.01. The predicted molar refractivity (Wildman–Crippen MR) is 92.0 cm³/mol. The van der Waals surface area contributed by atoms with Crippen molar-refractivity contribution in [2.75, 3.05) is 19.8 Å². The first kappa shape index (κ1) is 16.7. The van der Waals surface area contributed by atoms with Gasteiger partial charge in [-0.25, -0.2) is 4.79 Å². The van der Waals surface area contributed by atoms with Crippen molar-refractivity contribution in [1.82, 2.24) is 5.32 Å². The average Bonchev–Trinajstić information content (AvgIpc) is 3.30. The third-order valence-electron chi connectivity index (χ3n) is 3.79. The molecule has 1 aliphatic rings. The lowest BCUT2D eigenvalue weighted by Gasteiger charge is -2.10. The minimum absolute atomic E-state index is 0.0791. The predicted octanol–water partition coefficient (Wildman–Crippen LogP) is 2.87. The Kier molecular flexibility index (Phi) is 5.61. The summed E-state index contributed by atoms with van der Waals surface area (Å²) in [6, 6.07) is 11.6. The SMILES string of the molecule is O=C(COC(=O)c1cc(-c2ccccc2)cs1)NCC1CCCO1. The van der Waals surface area contributed by atoms with E-state index in [1.54, 1.807) is 6.07 Å². The van der Waals surface area contributed by atoms with Crippen molar-refractivity contribution >= 4 is 23.2 Å². The number of carbonyl (C=O) groups excluding carboxylic acids is 2. The Hall–Kier alpha value is -2.18. The molecule has 0 aliphatic carbocycles. The highest BCUT2D eigenvalue weighted by Gasteiger charge is 2.17. The van der Waals surface area contributed by atoms with Gasteiger partial charge in [-0.15, -0.1) is 11.3 Å². The van der Waals surface area contributed by atoms with Gasteiger partial charge >= 0.3 is 5.97 Å². The van der Waals surface area contributed by atoms with Gasteiger partial charge in [-0.2, -0.15) is 0 Å². The maximum absolute atomic E-state index is 12.0. The second-order valence-electron chi connectivity index (χ2n) is 5.58. The summed E-state index contributed by atoms with van der Waals surface area (Å²) in [6.45, 7) is 0.940. The second-order valence-corrected chi connectivity index (χ2v) is 6.49. The first-order valence-electron chi connectivity index (χ1n) is 7.92. The second kappa shape index (κ2) is 8.08. The van der Waals surface area contributed by atoms with Gasteiger partial charge in [-0.05, 0) is 35.4 Å². The molecule has 1 fully saturated rings. The fourth-order valence-corrected chi connectivity index (χ4v) is 3.32. The Morgan fingerprint density at radius 3 is 2.83 bits per heavy atom. The highest BCUT2D eigenvalue weighted by atomic mass is 32.1. The minimum Gasteiger partial charge on any atom is -0.451 e. The number of ether oxygens (including phenoxy) is 2. The van der Waals surface area contributed by atoms with E-state index in [4.69, 9.17) is 9.47 Å². The fraction of sp³-hybridized carbons (Fsp3) is 0.333. The lowest BCUT2D eigenvalue weighted by molar-refractivity contribution is -0.124. The molecule has 1 saturated heterocycles. The molecule has 6 heteroatoms. The molecule has 5 nitrogen and oxygen atoms in total. The van der Waals surface area contributed by atoms with Crippen LogP contribution in [0, 0.1) is 0 Å². The zero-order chi connectivity index (χ0) is 16.8. The molecule has 1 N–H and O–H groups in total. The minimum atomic E-state index is -0.477. The molecule has 1 atom stereocenters. The largest absolute Gasteiger partial charge is 0.451 e. The number of benzene rings is 1. The van der Waals surface area contributed by atoms with E-state index in [1.165, 1.54) is 11.3 Å². The fourth-order valence-electron chi connectivity index (χ4n) is 2.51. The molecule has 0 saturated carbocycles. The Balaban J connectivity index is 1.46. The summed E-state index contributed by atoms with van der Waals surface area (Å²) in [6.07, 6.45) is 2.06. The maximum atomic E-state index is 12.0.